The van der Waals surface area contributed by atoms with Crippen LogP contribution < -0.4 is 9.64 Å². The normalized spacial score (nSPS) is 16.9. The van der Waals surface area contributed by atoms with Gasteiger partial charge in [0.15, 0.2) is 5.13 Å². The number of aromatic nitrogens is 1. The topological polar surface area (TPSA) is 79.7 Å². The number of hydrogen-bond acceptors (Lipinski definition) is 6. The number of ether oxygens (including phenoxy) is 1. The van der Waals surface area contributed by atoms with Crippen molar-refractivity contribution in [1.82, 2.24) is 4.98 Å². The van der Waals surface area contributed by atoms with E-state index in [4.69, 9.17) is 4.74 Å². The van der Waals surface area contributed by atoms with E-state index in [-0.39, 0.29) is 16.5 Å². The van der Waals surface area contributed by atoms with Crippen LogP contribution in [0.5, 0.6) is 5.75 Å². The van der Waals surface area contributed by atoms with Crippen molar-refractivity contribution in [2.24, 2.45) is 0 Å². The van der Waals surface area contributed by atoms with Crippen LogP contribution in [0.4, 0.5) is 9.52 Å². The standard InChI is InChI=1S/C30H27FN2O4S/c1-3-5-15-37-22-8-6-7-20(16-22)27(34)25-26(19-11-9-18(4-2)10-12-19)33(29(36)28(25)35)30-32-23-14-13-21(31)17-24(23)38-30/h6-14,16-17,26,34H,3-5,15H2,1-2H3. The number of Topliss-reactive ketones (excluding diaryl/α,β-unsaturated/α-hetero) is 1. The van der Waals surface area contributed by atoms with Crippen molar-refractivity contribution in [1.29, 1.82) is 0 Å². The van der Waals surface area contributed by atoms with Gasteiger partial charge in [-0.2, -0.15) is 0 Å². The molecule has 5 rings (SSSR count). The fraction of sp³-hybridized carbons (Fsp3) is 0.233. The van der Waals surface area contributed by atoms with Crippen molar-refractivity contribution in [3.8, 4) is 5.75 Å². The first-order valence-corrected chi connectivity index (χ1v) is 13.4. The van der Waals surface area contributed by atoms with E-state index in [9.17, 15) is 19.1 Å². The molecule has 1 aromatic heterocycles. The van der Waals surface area contributed by atoms with Crippen LogP contribution in [-0.2, 0) is 16.0 Å². The molecule has 4 aromatic rings. The monoisotopic (exact) mass is 530 g/mol. The Kier molecular flexibility index (Phi) is 7.24. The number of aliphatic hydroxyl groups excluding tert-OH is 1. The Morgan fingerprint density at radius 2 is 1.87 bits per heavy atom. The number of nitrogens with zero attached hydrogens (tertiary/aromatic N) is 2. The van der Waals surface area contributed by atoms with Gasteiger partial charge in [0, 0.05) is 5.56 Å². The first kappa shape index (κ1) is 25.6. The third kappa shape index (κ3) is 4.79. The van der Waals surface area contributed by atoms with Gasteiger partial charge in [-0.15, -0.1) is 0 Å². The quantitative estimate of drug-likeness (QED) is 0.117. The van der Waals surface area contributed by atoms with Crippen molar-refractivity contribution in [3.05, 3.63) is 94.8 Å². The number of benzene rings is 3. The number of fused-ring (bicyclic) bond motifs is 1. The van der Waals surface area contributed by atoms with E-state index >= 15 is 0 Å². The molecule has 1 fully saturated rings. The predicted molar refractivity (Wildman–Crippen MR) is 147 cm³/mol. The highest BCUT2D eigenvalue weighted by atomic mass is 32.1. The van der Waals surface area contributed by atoms with E-state index in [1.165, 1.54) is 23.1 Å². The van der Waals surface area contributed by atoms with Crippen molar-refractivity contribution < 1.29 is 23.8 Å². The Morgan fingerprint density at radius 3 is 2.61 bits per heavy atom. The van der Waals surface area contributed by atoms with Crippen LogP contribution in [0.1, 0.15) is 49.4 Å². The maximum absolute atomic E-state index is 13.9. The number of aryl methyl sites for hydroxylation is 1. The van der Waals surface area contributed by atoms with Crippen LogP contribution in [0, 0.1) is 5.82 Å². The van der Waals surface area contributed by atoms with Crippen LogP contribution in [0.2, 0.25) is 0 Å². The molecule has 1 unspecified atom stereocenters. The molecule has 0 saturated carbocycles. The van der Waals surface area contributed by atoms with Crippen LogP contribution in [-0.4, -0.2) is 28.4 Å². The molecule has 2 heterocycles. The number of aliphatic hydroxyl groups is 1. The molecule has 194 valence electrons. The van der Waals surface area contributed by atoms with Gasteiger partial charge >= 0.3 is 5.91 Å². The average Bonchev–Trinajstić information content (AvgIpc) is 3.46. The summed E-state index contributed by atoms with van der Waals surface area (Å²) in [5.74, 6) is -1.75. The molecule has 3 aromatic carbocycles. The summed E-state index contributed by atoms with van der Waals surface area (Å²) < 4.78 is 20.2. The maximum Gasteiger partial charge on any atom is 0.301 e. The van der Waals surface area contributed by atoms with Crippen LogP contribution in [0.3, 0.4) is 0 Å². The molecule has 0 radical (unpaired) electrons. The number of unbranched alkanes of at least 4 members (excludes halogenated alkanes) is 1. The van der Waals surface area contributed by atoms with Gasteiger partial charge in [0.05, 0.1) is 28.4 Å². The molecule has 1 aliphatic heterocycles. The largest absolute Gasteiger partial charge is 0.507 e. The molecule has 0 spiro atoms. The fourth-order valence-corrected chi connectivity index (χ4v) is 5.51. The number of carbonyl (C=O) groups excluding carboxylic acids is 2. The van der Waals surface area contributed by atoms with E-state index in [1.807, 2.05) is 31.2 Å². The molecule has 0 bridgehead atoms. The number of thiazole rings is 1. The van der Waals surface area contributed by atoms with Gasteiger partial charge in [0.1, 0.15) is 17.3 Å². The predicted octanol–water partition coefficient (Wildman–Crippen LogP) is 6.80. The molecular weight excluding hydrogens is 503 g/mol. The summed E-state index contributed by atoms with van der Waals surface area (Å²) in [6, 6.07) is 17.7. The van der Waals surface area contributed by atoms with Gasteiger partial charge in [0.2, 0.25) is 0 Å². The lowest BCUT2D eigenvalue weighted by Gasteiger charge is -2.23. The molecular formula is C30H27FN2O4S. The number of rotatable bonds is 8. The highest BCUT2D eigenvalue weighted by Crippen LogP contribution is 2.44. The summed E-state index contributed by atoms with van der Waals surface area (Å²) in [6.45, 7) is 4.64. The summed E-state index contributed by atoms with van der Waals surface area (Å²) in [7, 11) is 0. The van der Waals surface area contributed by atoms with Gasteiger partial charge < -0.3 is 9.84 Å². The zero-order valence-electron chi connectivity index (χ0n) is 21.1. The number of ketones is 1. The molecule has 6 nitrogen and oxygen atoms in total. The molecule has 0 aliphatic carbocycles. The highest BCUT2D eigenvalue weighted by Gasteiger charge is 2.48. The summed E-state index contributed by atoms with van der Waals surface area (Å²) in [5.41, 5.74) is 2.61. The Bertz CT molecular complexity index is 1540. The zero-order valence-corrected chi connectivity index (χ0v) is 21.9. The van der Waals surface area contributed by atoms with Crippen LogP contribution in [0.25, 0.3) is 16.0 Å². The van der Waals surface area contributed by atoms with Crippen molar-refractivity contribution in [3.63, 3.8) is 0 Å². The molecule has 1 amide bonds. The second-order valence-electron chi connectivity index (χ2n) is 9.10. The lowest BCUT2D eigenvalue weighted by molar-refractivity contribution is -0.132. The van der Waals surface area contributed by atoms with Crippen molar-refractivity contribution in [2.45, 2.75) is 39.2 Å². The second kappa shape index (κ2) is 10.8. The molecule has 8 heteroatoms. The number of halogens is 1. The number of amides is 1. The lowest BCUT2D eigenvalue weighted by Crippen LogP contribution is -2.29. The Balaban J connectivity index is 1.64. The van der Waals surface area contributed by atoms with Crippen molar-refractivity contribution >= 4 is 44.1 Å². The third-order valence-corrected chi connectivity index (χ3v) is 7.58. The molecule has 1 atom stereocenters. The second-order valence-corrected chi connectivity index (χ2v) is 10.1. The Labute approximate surface area is 224 Å². The lowest BCUT2D eigenvalue weighted by atomic mass is 9.94. The Morgan fingerprint density at radius 1 is 1.08 bits per heavy atom. The smallest absolute Gasteiger partial charge is 0.301 e. The van der Waals surface area contributed by atoms with E-state index in [2.05, 4.69) is 11.9 Å². The minimum atomic E-state index is -0.906. The van der Waals surface area contributed by atoms with E-state index in [0.717, 1.165) is 36.2 Å². The van der Waals surface area contributed by atoms with Gasteiger partial charge in [-0.1, -0.05) is 68.0 Å². The first-order valence-electron chi connectivity index (χ1n) is 12.6. The van der Waals surface area contributed by atoms with Crippen molar-refractivity contribution in [2.75, 3.05) is 11.5 Å². The SMILES string of the molecule is CCCCOc1cccc(C(O)=C2C(=O)C(=O)N(c3nc4ccc(F)cc4s3)C2c2ccc(CC)cc2)c1. The number of anilines is 1. The van der Waals surface area contributed by atoms with Gasteiger partial charge in [-0.3, -0.25) is 14.5 Å². The maximum atomic E-state index is 13.9. The van der Waals surface area contributed by atoms with Crippen LogP contribution >= 0.6 is 11.3 Å². The molecule has 1 aliphatic rings. The number of hydrogen-bond donors (Lipinski definition) is 1. The zero-order chi connectivity index (χ0) is 26.8. The first-order chi connectivity index (χ1) is 18.4. The van der Waals surface area contributed by atoms with E-state index in [1.54, 1.807) is 24.3 Å². The number of carbonyl (C=O) groups is 2. The third-order valence-electron chi connectivity index (χ3n) is 6.57. The minimum Gasteiger partial charge on any atom is -0.507 e. The van der Waals surface area contributed by atoms with E-state index in [0.29, 0.717) is 33.7 Å². The fourth-order valence-electron chi connectivity index (χ4n) is 4.49. The summed E-state index contributed by atoms with van der Waals surface area (Å²) in [4.78, 5) is 32.7. The molecule has 38 heavy (non-hydrogen) atoms. The molecule has 1 N–H and O–H groups in total. The summed E-state index contributed by atoms with van der Waals surface area (Å²) in [6.07, 6.45) is 2.70. The molecule has 1 saturated heterocycles. The highest BCUT2D eigenvalue weighted by molar-refractivity contribution is 7.22. The minimum absolute atomic E-state index is 0.0320. The van der Waals surface area contributed by atoms with E-state index < -0.39 is 23.5 Å². The van der Waals surface area contributed by atoms with Crippen LogP contribution in [0.15, 0.2) is 72.3 Å². The summed E-state index contributed by atoms with van der Waals surface area (Å²) in [5, 5.41) is 11.7. The van der Waals surface area contributed by atoms with Gasteiger partial charge in [0.25, 0.3) is 5.78 Å². The Hall–Kier alpha value is -4.04. The van der Waals surface area contributed by atoms with Gasteiger partial charge in [-0.25, -0.2) is 9.37 Å². The van der Waals surface area contributed by atoms with Gasteiger partial charge in [-0.05, 0) is 54.3 Å². The average molecular weight is 531 g/mol. The summed E-state index contributed by atoms with van der Waals surface area (Å²) >= 11 is 1.12.